The number of nitrogens with zero attached hydrogens (tertiary/aromatic N) is 1. The summed E-state index contributed by atoms with van der Waals surface area (Å²) in [6.45, 7) is 5.60. The van der Waals surface area contributed by atoms with Gasteiger partial charge in [-0.3, -0.25) is 0 Å². The molecule has 1 aliphatic rings. The number of nitrogens with one attached hydrogen (secondary N) is 1. The lowest BCUT2D eigenvalue weighted by Crippen LogP contribution is -2.04. The summed E-state index contributed by atoms with van der Waals surface area (Å²) in [4.78, 5) is 4.78. The van der Waals surface area contributed by atoms with Gasteiger partial charge in [-0.05, 0) is 24.0 Å². The Morgan fingerprint density at radius 1 is 1.32 bits per heavy atom. The van der Waals surface area contributed by atoms with Crippen LogP contribution in [0.5, 0.6) is 0 Å². The SMILES string of the molecule is CC1(C)CC1c1nc(CCNc2ccccc2)cs1. The van der Waals surface area contributed by atoms with Crippen molar-refractivity contribution in [3.05, 3.63) is 46.4 Å². The highest BCUT2D eigenvalue weighted by Crippen LogP contribution is 2.59. The first-order valence-electron chi connectivity index (χ1n) is 6.88. The molecule has 0 radical (unpaired) electrons. The van der Waals surface area contributed by atoms with Crippen LogP contribution in [0.1, 0.15) is 36.9 Å². The number of hydrogen-bond acceptors (Lipinski definition) is 3. The van der Waals surface area contributed by atoms with Gasteiger partial charge in [0.25, 0.3) is 0 Å². The first-order chi connectivity index (χ1) is 9.15. The average molecular weight is 272 g/mol. The Labute approximate surface area is 118 Å². The van der Waals surface area contributed by atoms with Gasteiger partial charge in [-0.1, -0.05) is 32.0 Å². The van der Waals surface area contributed by atoms with E-state index in [0.29, 0.717) is 11.3 Å². The molecule has 1 fully saturated rings. The third-order valence-corrected chi connectivity index (χ3v) is 4.87. The summed E-state index contributed by atoms with van der Waals surface area (Å²) in [5, 5.41) is 6.98. The Morgan fingerprint density at radius 2 is 2.05 bits per heavy atom. The van der Waals surface area contributed by atoms with Gasteiger partial charge < -0.3 is 5.32 Å². The molecule has 0 bridgehead atoms. The van der Waals surface area contributed by atoms with Crippen LogP contribution in [0, 0.1) is 5.41 Å². The van der Waals surface area contributed by atoms with Crippen molar-refractivity contribution >= 4 is 17.0 Å². The van der Waals surface area contributed by atoms with Gasteiger partial charge in [0.05, 0.1) is 10.7 Å². The van der Waals surface area contributed by atoms with Crippen LogP contribution in [-0.2, 0) is 6.42 Å². The van der Waals surface area contributed by atoms with Crippen LogP contribution >= 0.6 is 11.3 Å². The molecule has 1 aromatic heterocycles. The molecule has 1 heterocycles. The van der Waals surface area contributed by atoms with Crippen molar-refractivity contribution < 1.29 is 0 Å². The van der Waals surface area contributed by atoms with E-state index in [-0.39, 0.29) is 0 Å². The molecule has 3 heteroatoms. The molecule has 1 N–H and O–H groups in total. The fourth-order valence-corrected chi connectivity index (χ4v) is 3.54. The number of aromatic nitrogens is 1. The molecule has 1 saturated carbocycles. The Balaban J connectivity index is 1.51. The number of thiazole rings is 1. The summed E-state index contributed by atoms with van der Waals surface area (Å²) in [5.74, 6) is 0.702. The van der Waals surface area contributed by atoms with Crippen molar-refractivity contribution in [2.45, 2.75) is 32.6 Å². The smallest absolute Gasteiger partial charge is 0.0964 e. The molecule has 3 rings (SSSR count). The van der Waals surface area contributed by atoms with Crippen LogP contribution in [0.3, 0.4) is 0 Å². The molecule has 0 amide bonds. The molecule has 0 saturated heterocycles. The predicted octanol–water partition coefficient (Wildman–Crippen LogP) is 4.31. The predicted molar refractivity (Wildman–Crippen MR) is 81.9 cm³/mol. The van der Waals surface area contributed by atoms with E-state index in [9.17, 15) is 0 Å². The minimum Gasteiger partial charge on any atom is -0.385 e. The number of rotatable bonds is 5. The normalized spacial score (nSPS) is 20.2. The van der Waals surface area contributed by atoms with E-state index in [2.05, 4.69) is 48.8 Å². The lowest BCUT2D eigenvalue weighted by atomic mass is 10.1. The third-order valence-electron chi connectivity index (χ3n) is 3.87. The number of benzene rings is 1. The molecule has 2 aromatic rings. The maximum absolute atomic E-state index is 4.78. The van der Waals surface area contributed by atoms with Gasteiger partial charge >= 0.3 is 0 Å². The van der Waals surface area contributed by atoms with Gasteiger partial charge in [0.1, 0.15) is 0 Å². The van der Waals surface area contributed by atoms with Crippen molar-refractivity contribution in [1.82, 2.24) is 4.98 Å². The van der Waals surface area contributed by atoms with E-state index < -0.39 is 0 Å². The summed E-state index contributed by atoms with van der Waals surface area (Å²) in [7, 11) is 0. The molecule has 0 aliphatic heterocycles. The molecule has 1 aliphatic carbocycles. The van der Waals surface area contributed by atoms with E-state index in [1.165, 1.54) is 22.8 Å². The largest absolute Gasteiger partial charge is 0.385 e. The molecule has 1 aromatic carbocycles. The quantitative estimate of drug-likeness (QED) is 0.877. The topological polar surface area (TPSA) is 24.9 Å². The van der Waals surface area contributed by atoms with Gasteiger partial charge in [-0.25, -0.2) is 4.98 Å². The van der Waals surface area contributed by atoms with Crippen molar-refractivity contribution in [2.24, 2.45) is 5.41 Å². The monoisotopic (exact) mass is 272 g/mol. The minimum atomic E-state index is 0.484. The highest BCUT2D eigenvalue weighted by Gasteiger charge is 2.48. The molecule has 2 nitrogen and oxygen atoms in total. The summed E-state index contributed by atoms with van der Waals surface area (Å²) in [5.41, 5.74) is 2.89. The Kier molecular flexibility index (Phi) is 3.31. The Bertz CT molecular complexity index is 545. The highest BCUT2D eigenvalue weighted by atomic mass is 32.1. The summed E-state index contributed by atoms with van der Waals surface area (Å²) in [6, 6.07) is 10.3. The Hall–Kier alpha value is -1.35. The lowest BCUT2D eigenvalue weighted by Gasteiger charge is -2.04. The molecular weight excluding hydrogens is 252 g/mol. The summed E-state index contributed by atoms with van der Waals surface area (Å²) in [6.07, 6.45) is 2.29. The first-order valence-corrected chi connectivity index (χ1v) is 7.76. The Morgan fingerprint density at radius 3 is 2.74 bits per heavy atom. The van der Waals surface area contributed by atoms with Crippen LogP contribution in [-0.4, -0.2) is 11.5 Å². The van der Waals surface area contributed by atoms with Crippen LogP contribution in [0.15, 0.2) is 35.7 Å². The van der Waals surface area contributed by atoms with Gasteiger partial charge in [-0.2, -0.15) is 0 Å². The third kappa shape index (κ3) is 2.98. The zero-order valence-electron chi connectivity index (χ0n) is 11.5. The molecule has 1 atom stereocenters. The second kappa shape index (κ2) is 4.97. The molecular formula is C16H20N2S. The van der Waals surface area contributed by atoms with Crippen LogP contribution < -0.4 is 5.32 Å². The summed E-state index contributed by atoms with van der Waals surface area (Å²) < 4.78 is 0. The van der Waals surface area contributed by atoms with Gasteiger partial charge in [0, 0.05) is 30.0 Å². The summed E-state index contributed by atoms with van der Waals surface area (Å²) >= 11 is 1.83. The van der Waals surface area contributed by atoms with E-state index in [4.69, 9.17) is 4.98 Å². The van der Waals surface area contributed by atoms with Crippen LogP contribution in [0.4, 0.5) is 5.69 Å². The van der Waals surface area contributed by atoms with E-state index in [1.54, 1.807) is 0 Å². The first kappa shape index (κ1) is 12.7. The molecule has 1 unspecified atom stereocenters. The zero-order chi connectivity index (χ0) is 13.3. The second-order valence-corrected chi connectivity index (χ2v) is 6.85. The van der Waals surface area contributed by atoms with E-state index in [1.807, 2.05) is 17.4 Å². The molecule has 100 valence electrons. The molecule has 0 spiro atoms. The van der Waals surface area contributed by atoms with Gasteiger partial charge in [0.2, 0.25) is 0 Å². The van der Waals surface area contributed by atoms with Crippen molar-refractivity contribution in [2.75, 3.05) is 11.9 Å². The average Bonchev–Trinajstić information content (AvgIpc) is 2.84. The van der Waals surface area contributed by atoms with E-state index in [0.717, 1.165) is 13.0 Å². The molecule has 19 heavy (non-hydrogen) atoms. The minimum absolute atomic E-state index is 0.484. The van der Waals surface area contributed by atoms with Crippen LogP contribution in [0.25, 0.3) is 0 Å². The lowest BCUT2D eigenvalue weighted by molar-refractivity contribution is 0.620. The van der Waals surface area contributed by atoms with Gasteiger partial charge in [-0.15, -0.1) is 11.3 Å². The standard InChI is InChI=1S/C16H20N2S/c1-16(2)10-14(16)15-18-13(11-19-15)8-9-17-12-6-4-3-5-7-12/h3-7,11,14,17H,8-10H2,1-2H3. The second-order valence-electron chi connectivity index (χ2n) is 5.97. The number of para-hydroxylation sites is 1. The fraction of sp³-hybridized carbons (Fsp3) is 0.438. The van der Waals surface area contributed by atoms with Crippen molar-refractivity contribution in [1.29, 1.82) is 0 Å². The zero-order valence-corrected chi connectivity index (χ0v) is 12.3. The maximum Gasteiger partial charge on any atom is 0.0964 e. The van der Waals surface area contributed by atoms with Gasteiger partial charge in [0.15, 0.2) is 0 Å². The van der Waals surface area contributed by atoms with Crippen molar-refractivity contribution in [3.8, 4) is 0 Å². The number of hydrogen-bond donors (Lipinski definition) is 1. The van der Waals surface area contributed by atoms with Crippen molar-refractivity contribution in [3.63, 3.8) is 0 Å². The highest BCUT2D eigenvalue weighted by molar-refractivity contribution is 7.09. The maximum atomic E-state index is 4.78. The van der Waals surface area contributed by atoms with E-state index >= 15 is 0 Å². The fourth-order valence-electron chi connectivity index (χ4n) is 2.38. The number of anilines is 1. The van der Waals surface area contributed by atoms with Crippen LogP contribution in [0.2, 0.25) is 0 Å².